The van der Waals surface area contributed by atoms with E-state index in [0.29, 0.717) is 18.8 Å². The summed E-state index contributed by atoms with van der Waals surface area (Å²) in [4.78, 5) is 23.6. The molecule has 4 aliphatic rings. The van der Waals surface area contributed by atoms with E-state index in [-0.39, 0.29) is 41.7 Å². The zero-order chi connectivity index (χ0) is 65.4. The molecule has 0 bridgehead atoms. The number of nitriles is 2. The molecule has 4 aliphatic heterocycles. The summed E-state index contributed by atoms with van der Waals surface area (Å²) in [5.74, 6) is -0.322. The lowest BCUT2D eigenvalue weighted by Crippen LogP contribution is -2.67. The van der Waals surface area contributed by atoms with Gasteiger partial charge in [-0.2, -0.15) is 15.6 Å². The average molecular weight is 1260 g/mol. The van der Waals surface area contributed by atoms with Crippen molar-refractivity contribution in [2.24, 2.45) is 10.2 Å². The molecule has 0 aliphatic carbocycles. The predicted molar refractivity (Wildman–Crippen MR) is 301 cm³/mol. The molecule has 4 saturated heterocycles. The monoisotopic (exact) mass is 1260 g/mol. The van der Waals surface area contributed by atoms with Crippen LogP contribution in [-0.4, -0.2) is 275 Å². The van der Waals surface area contributed by atoms with Gasteiger partial charge in [-0.1, -0.05) is 26.7 Å². The lowest BCUT2D eigenvalue weighted by Gasteiger charge is -2.49. The number of aliphatic hydroxyl groups is 12. The fourth-order valence-electron chi connectivity index (χ4n) is 9.78. The number of methoxy groups -OCH3 is 2. The van der Waals surface area contributed by atoms with E-state index in [9.17, 15) is 81.6 Å². The van der Waals surface area contributed by atoms with Gasteiger partial charge in [-0.05, 0) is 50.5 Å². The molecule has 20 atom stereocenters. The normalized spacial score (nSPS) is 32.1. The molecule has 496 valence electrons. The maximum atomic E-state index is 11.4. The highest BCUT2D eigenvalue weighted by Gasteiger charge is 2.55. The summed E-state index contributed by atoms with van der Waals surface area (Å²) >= 11 is 0. The number of rotatable bonds is 27. The van der Waals surface area contributed by atoms with Crippen LogP contribution >= 0.6 is 0 Å². The van der Waals surface area contributed by atoms with Crippen LogP contribution in [0.3, 0.4) is 0 Å². The van der Waals surface area contributed by atoms with E-state index in [1.807, 2.05) is 31.2 Å². The van der Waals surface area contributed by atoms with Crippen LogP contribution in [0.25, 0.3) is 0 Å². The Balaban J connectivity index is 0.000000375. The van der Waals surface area contributed by atoms with Crippen LogP contribution in [0, 0.1) is 39.7 Å². The lowest BCUT2D eigenvalue weighted by atomic mass is 9.94. The van der Waals surface area contributed by atoms with E-state index >= 15 is 0 Å². The highest BCUT2D eigenvalue weighted by molar-refractivity contribution is 5.67. The van der Waals surface area contributed by atoms with Crippen molar-refractivity contribution in [1.29, 1.82) is 10.5 Å². The standard InChI is InChI=1S/C29H52O21.C23H24N6O4.C4H10O/c1-10-15(34)16(35)24(13(8-33)45-10)49-28-20(39)18(37)25(50-29-26(43-5-4-30)21(40)23(42-3)12(7-32)47-29)14(48-28)9-44-27-19(38)17(36)22(41-2)11(6-31)46-27;1-4-5-8-28(9-10-33-17(3)30)20-6-7-22(16(2)11-20)26-27-23-18(14-24)12-21(29(31)32)13-19(23)15-25;1-2-3-4-5/h10-40H,4-9H2,1-3H3;6-7,11-13H,4-5,8-10H2,1-3H3;5H,2-4H2,1H3. The summed E-state index contributed by atoms with van der Waals surface area (Å²) in [6.45, 7) is 7.49. The summed E-state index contributed by atoms with van der Waals surface area (Å²) in [6, 6.07) is 11.4. The number of carbonyl (C=O) groups is 1. The molecule has 2 aromatic rings. The fraction of sp³-hybridized carbons (Fsp3) is 0.732. The molecule has 12 N–H and O–H groups in total. The number of hydrogen-bond acceptors (Lipinski definition) is 31. The van der Waals surface area contributed by atoms with Gasteiger partial charge in [0.05, 0.1) is 74.0 Å². The van der Waals surface area contributed by atoms with Crippen molar-refractivity contribution in [2.75, 3.05) is 85.1 Å². The molecule has 6 rings (SSSR count). The van der Waals surface area contributed by atoms with Gasteiger partial charge >= 0.3 is 5.97 Å². The Labute approximate surface area is 508 Å². The van der Waals surface area contributed by atoms with E-state index < -0.39 is 161 Å². The largest absolute Gasteiger partial charge is 0.464 e. The Hall–Kier alpha value is -5.19. The van der Waals surface area contributed by atoms with Gasteiger partial charge in [0, 0.05) is 52.1 Å². The first-order valence-electron chi connectivity index (χ1n) is 28.6. The van der Waals surface area contributed by atoms with Gasteiger partial charge in [0.25, 0.3) is 5.69 Å². The number of benzene rings is 2. The second-order valence-corrected chi connectivity index (χ2v) is 20.8. The van der Waals surface area contributed by atoms with Gasteiger partial charge < -0.3 is 118 Å². The van der Waals surface area contributed by atoms with Crippen LogP contribution in [0.4, 0.5) is 22.7 Å². The molecule has 88 heavy (non-hydrogen) atoms. The quantitative estimate of drug-likeness (QED) is 0.0213. The van der Waals surface area contributed by atoms with Crippen molar-refractivity contribution in [3.8, 4) is 12.1 Å². The third kappa shape index (κ3) is 20.2. The van der Waals surface area contributed by atoms with Gasteiger partial charge in [0.2, 0.25) is 0 Å². The van der Waals surface area contributed by atoms with Gasteiger partial charge in [-0.15, -0.1) is 5.11 Å². The highest BCUT2D eigenvalue weighted by Crippen LogP contribution is 2.36. The number of aliphatic hydroxyl groups excluding tert-OH is 12. The van der Waals surface area contributed by atoms with Crippen molar-refractivity contribution < 1.29 is 123 Å². The number of nitro groups is 1. The number of nitrogens with zero attached hydrogens (tertiary/aromatic N) is 6. The van der Waals surface area contributed by atoms with Crippen molar-refractivity contribution in [3.05, 3.63) is 57.1 Å². The Bertz CT molecular complexity index is 2510. The first kappa shape index (κ1) is 75.3. The molecule has 20 unspecified atom stereocenters. The van der Waals surface area contributed by atoms with Gasteiger partial charge in [0.15, 0.2) is 18.9 Å². The van der Waals surface area contributed by atoms with E-state index in [4.69, 9.17) is 57.2 Å². The molecule has 0 amide bonds. The minimum Gasteiger partial charge on any atom is -0.464 e. The van der Waals surface area contributed by atoms with Gasteiger partial charge in [0.1, 0.15) is 122 Å². The van der Waals surface area contributed by atoms with Crippen LogP contribution in [0.5, 0.6) is 0 Å². The van der Waals surface area contributed by atoms with Crippen LogP contribution in [0.2, 0.25) is 0 Å². The van der Waals surface area contributed by atoms with Gasteiger partial charge in [-0.25, -0.2) is 0 Å². The topological polar surface area (TPSA) is 480 Å². The first-order chi connectivity index (χ1) is 42.1. The fourth-order valence-corrected chi connectivity index (χ4v) is 9.78. The average Bonchev–Trinajstić information content (AvgIpc) is 0.989. The Morgan fingerprint density at radius 1 is 0.648 bits per heavy atom. The van der Waals surface area contributed by atoms with E-state index in [2.05, 4.69) is 29.0 Å². The summed E-state index contributed by atoms with van der Waals surface area (Å²) in [5, 5.41) is 161. The third-order valence-electron chi connectivity index (χ3n) is 14.6. The van der Waals surface area contributed by atoms with E-state index in [1.165, 1.54) is 28.1 Å². The van der Waals surface area contributed by atoms with Crippen molar-refractivity contribution in [1.82, 2.24) is 0 Å². The van der Waals surface area contributed by atoms with Crippen LogP contribution in [0.15, 0.2) is 40.6 Å². The Morgan fingerprint density at radius 2 is 1.18 bits per heavy atom. The summed E-state index contributed by atoms with van der Waals surface area (Å²) < 4.78 is 61.5. The van der Waals surface area contributed by atoms with Crippen LogP contribution < -0.4 is 4.90 Å². The highest BCUT2D eigenvalue weighted by atomic mass is 16.8. The number of hydrogen-bond donors (Lipinski definition) is 12. The molecule has 2 aromatic carbocycles. The second kappa shape index (κ2) is 37.8. The number of ether oxygens (including phenoxy) is 11. The number of nitro benzene ring substituents is 1. The summed E-state index contributed by atoms with van der Waals surface area (Å²) in [7, 11) is 2.50. The zero-order valence-electron chi connectivity index (χ0n) is 50.1. The third-order valence-corrected chi connectivity index (χ3v) is 14.6. The molecule has 0 saturated carbocycles. The Morgan fingerprint density at radius 3 is 1.70 bits per heavy atom. The molecular weight excluding hydrogens is 1170 g/mol. The minimum absolute atomic E-state index is 0.0139. The molecule has 0 spiro atoms. The second-order valence-electron chi connectivity index (χ2n) is 20.8. The number of anilines is 1. The number of non-ortho nitro benzene ring substituents is 1. The Kier molecular flexibility index (Phi) is 32.4. The lowest BCUT2D eigenvalue weighted by molar-refractivity contribution is -0.384. The van der Waals surface area contributed by atoms with Crippen molar-refractivity contribution >= 4 is 28.7 Å². The summed E-state index contributed by atoms with van der Waals surface area (Å²) in [5.41, 5.74) is 1.70. The minimum atomic E-state index is -1.95. The summed E-state index contributed by atoms with van der Waals surface area (Å²) in [6.07, 6.45) is -25.3. The molecule has 32 heteroatoms. The van der Waals surface area contributed by atoms with Crippen molar-refractivity contribution in [3.63, 3.8) is 0 Å². The number of esters is 1. The maximum absolute atomic E-state index is 11.4. The SMILES string of the molecule is CCCCN(CCOC(C)=O)c1ccc(N=Nc2c(C#N)cc([N+](=O)[O-])cc2C#N)c(C)c1.CCCCO.COC1C(CO)OC(OCC2OC(OC3C(CO)OC(C)C(O)C3O)C(O)C(O)C2OC2OC(CO)C(OC)C(O)C2OCCO)C(O)C1O. The maximum Gasteiger partial charge on any atom is 0.302 e. The zero-order valence-corrected chi connectivity index (χ0v) is 50.1. The molecule has 32 nitrogen and oxygen atoms in total. The van der Waals surface area contributed by atoms with E-state index in [0.717, 1.165) is 55.6 Å². The van der Waals surface area contributed by atoms with Crippen molar-refractivity contribution in [2.45, 2.75) is 183 Å². The number of carbonyl (C=O) groups excluding carboxylic acids is 1. The van der Waals surface area contributed by atoms with E-state index in [1.54, 1.807) is 6.07 Å². The molecule has 0 radical (unpaired) electrons. The molecular formula is C56H86N6O26. The first-order valence-corrected chi connectivity index (χ1v) is 28.6. The van der Waals surface area contributed by atoms with Crippen LogP contribution in [0.1, 0.15) is 70.1 Å². The molecule has 4 fully saturated rings. The smallest absolute Gasteiger partial charge is 0.302 e. The number of aryl methyl sites for hydroxylation is 1. The van der Waals surface area contributed by atoms with Gasteiger partial charge in [-0.3, -0.25) is 14.9 Å². The number of azo groups is 1. The molecule has 0 aromatic heterocycles. The predicted octanol–water partition coefficient (Wildman–Crippen LogP) is -1.34. The number of unbranched alkanes of at least 4 members (excludes halogenated alkanes) is 2. The van der Waals surface area contributed by atoms with Crippen LogP contribution in [-0.2, 0) is 56.9 Å². The molecule has 4 heterocycles.